The van der Waals surface area contributed by atoms with Gasteiger partial charge in [0, 0.05) is 25.4 Å². The minimum atomic E-state index is -0.117. The Morgan fingerprint density at radius 3 is 2.31 bits per heavy atom. The number of benzene rings is 2. The number of unbranched alkanes of at least 4 members (excludes halogenated alkanes) is 2. The van der Waals surface area contributed by atoms with E-state index in [1.165, 1.54) is 43.2 Å². The highest BCUT2D eigenvalue weighted by molar-refractivity contribution is 5.93. The molecule has 0 bridgehead atoms. The number of carbonyl (C=O) groups excluding carboxylic acids is 1. The molecule has 0 saturated heterocycles. The van der Waals surface area contributed by atoms with Crippen molar-refractivity contribution in [1.82, 2.24) is 14.9 Å². The van der Waals surface area contributed by atoms with Crippen molar-refractivity contribution in [2.75, 3.05) is 19.8 Å². The van der Waals surface area contributed by atoms with Crippen LogP contribution in [0.3, 0.4) is 0 Å². The van der Waals surface area contributed by atoms with E-state index in [2.05, 4.69) is 67.5 Å². The summed E-state index contributed by atoms with van der Waals surface area (Å²) in [5.41, 5.74) is 5.20. The largest absolute Gasteiger partial charge is 0.381 e. The van der Waals surface area contributed by atoms with Crippen LogP contribution in [-0.2, 0) is 11.2 Å². The number of imidazole rings is 1. The molecule has 194 valence electrons. The third kappa shape index (κ3) is 8.34. The van der Waals surface area contributed by atoms with Gasteiger partial charge in [0.2, 0.25) is 0 Å². The highest BCUT2D eigenvalue weighted by Gasteiger charge is 2.13. The molecule has 3 rings (SSSR count). The third-order valence-electron chi connectivity index (χ3n) is 6.77. The fraction of sp³-hybridized carbons (Fsp3) is 0.484. The SMILES string of the molecule is CCCCc1ccc(-c2ccc(-n3cncc3C(=O)NCCCOC[C@H](CC)CCCC)cc2)cc1. The zero-order valence-corrected chi connectivity index (χ0v) is 22.3. The Bertz CT molecular complexity index is 1020. The van der Waals surface area contributed by atoms with Crippen LogP contribution in [0.4, 0.5) is 0 Å². The Morgan fingerprint density at radius 1 is 0.944 bits per heavy atom. The zero-order chi connectivity index (χ0) is 25.6. The van der Waals surface area contributed by atoms with Crippen LogP contribution in [0.15, 0.2) is 61.1 Å². The van der Waals surface area contributed by atoms with Crippen molar-refractivity contribution >= 4 is 5.91 Å². The number of nitrogens with zero attached hydrogens (tertiary/aromatic N) is 2. The molecule has 1 N–H and O–H groups in total. The lowest BCUT2D eigenvalue weighted by atomic mass is 10.0. The Kier molecular flexibility index (Phi) is 11.7. The summed E-state index contributed by atoms with van der Waals surface area (Å²) < 4.78 is 7.69. The molecule has 36 heavy (non-hydrogen) atoms. The van der Waals surface area contributed by atoms with Crippen molar-refractivity contribution in [2.45, 2.75) is 72.1 Å². The molecule has 5 heteroatoms. The molecule has 1 aromatic heterocycles. The van der Waals surface area contributed by atoms with E-state index in [0.29, 0.717) is 24.8 Å². The van der Waals surface area contributed by atoms with Gasteiger partial charge in [0.15, 0.2) is 0 Å². The van der Waals surface area contributed by atoms with Gasteiger partial charge in [0.1, 0.15) is 5.69 Å². The fourth-order valence-electron chi connectivity index (χ4n) is 4.34. The minimum Gasteiger partial charge on any atom is -0.381 e. The van der Waals surface area contributed by atoms with E-state index in [0.717, 1.165) is 37.1 Å². The van der Waals surface area contributed by atoms with Crippen molar-refractivity contribution in [3.8, 4) is 16.8 Å². The normalized spacial score (nSPS) is 12.0. The molecule has 0 aliphatic carbocycles. The number of amides is 1. The van der Waals surface area contributed by atoms with Crippen LogP contribution in [0.25, 0.3) is 16.8 Å². The lowest BCUT2D eigenvalue weighted by Gasteiger charge is -2.14. The molecule has 0 fully saturated rings. The van der Waals surface area contributed by atoms with Crippen molar-refractivity contribution in [3.05, 3.63) is 72.3 Å². The molecule has 1 heterocycles. The quantitative estimate of drug-likeness (QED) is 0.216. The molecule has 2 aromatic carbocycles. The molecular formula is C31H43N3O2. The number of aromatic nitrogens is 2. The Balaban J connectivity index is 1.49. The molecule has 0 aliphatic heterocycles. The van der Waals surface area contributed by atoms with Crippen LogP contribution in [0, 0.1) is 5.92 Å². The first-order chi connectivity index (χ1) is 17.7. The first-order valence-corrected chi connectivity index (χ1v) is 13.7. The van der Waals surface area contributed by atoms with Crippen LogP contribution in [-0.4, -0.2) is 35.2 Å². The van der Waals surface area contributed by atoms with Crippen LogP contribution in [0.5, 0.6) is 0 Å². The highest BCUT2D eigenvalue weighted by Crippen LogP contribution is 2.23. The molecule has 5 nitrogen and oxygen atoms in total. The van der Waals surface area contributed by atoms with Crippen molar-refractivity contribution in [1.29, 1.82) is 0 Å². The number of hydrogen-bond donors (Lipinski definition) is 1. The summed E-state index contributed by atoms with van der Waals surface area (Å²) in [5, 5.41) is 3.01. The maximum absolute atomic E-state index is 12.8. The Morgan fingerprint density at radius 2 is 1.64 bits per heavy atom. The van der Waals surface area contributed by atoms with Crippen LogP contribution in [0.2, 0.25) is 0 Å². The predicted molar refractivity (Wildman–Crippen MR) is 149 cm³/mol. The zero-order valence-electron chi connectivity index (χ0n) is 22.3. The predicted octanol–water partition coefficient (Wildman–Crippen LogP) is 7.23. The molecule has 1 atom stereocenters. The van der Waals surface area contributed by atoms with E-state index in [4.69, 9.17) is 4.74 Å². The number of rotatable bonds is 16. The second-order valence-electron chi connectivity index (χ2n) is 9.60. The molecular weight excluding hydrogens is 446 g/mol. The van der Waals surface area contributed by atoms with E-state index in [1.807, 2.05) is 16.7 Å². The number of ether oxygens (including phenoxy) is 1. The van der Waals surface area contributed by atoms with Gasteiger partial charge >= 0.3 is 0 Å². The Hall–Kier alpha value is -2.92. The van der Waals surface area contributed by atoms with Crippen molar-refractivity contribution in [3.63, 3.8) is 0 Å². The van der Waals surface area contributed by atoms with E-state index >= 15 is 0 Å². The van der Waals surface area contributed by atoms with Gasteiger partial charge in [-0.05, 0) is 60.4 Å². The summed E-state index contributed by atoms with van der Waals surface area (Å²) in [7, 11) is 0. The van der Waals surface area contributed by atoms with E-state index in [9.17, 15) is 4.79 Å². The number of nitrogens with one attached hydrogen (secondary N) is 1. The van der Waals surface area contributed by atoms with Crippen molar-refractivity contribution < 1.29 is 9.53 Å². The molecule has 0 spiro atoms. The van der Waals surface area contributed by atoms with Crippen LogP contribution >= 0.6 is 0 Å². The van der Waals surface area contributed by atoms with Crippen molar-refractivity contribution in [2.24, 2.45) is 5.92 Å². The summed E-state index contributed by atoms with van der Waals surface area (Å²) >= 11 is 0. The smallest absolute Gasteiger partial charge is 0.269 e. The standard InChI is InChI=1S/C31H43N3O2/c1-4-7-10-25(6-3)23-36-21-9-20-33-31(35)30-22-32-24-34(30)29-18-16-28(17-19-29)27-14-12-26(13-15-27)11-8-5-2/h12-19,22,24-25H,4-11,20-21,23H2,1-3H3,(H,33,35)/t25-/m1/s1. The average Bonchev–Trinajstić information content (AvgIpc) is 3.41. The molecule has 0 aliphatic rings. The molecule has 0 radical (unpaired) electrons. The maximum atomic E-state index is 12.8. The number of aryl methyl sites for hydroxylation is 1. The first kappa shape index (κ1) is 27.7. The van der Waals surface area contributed by atoms with Gasteiger partial charge < -0.3 is 10.1 Å². The molecule has 3 aromatic rings. The van der Waals surface area contributed by atoms with Crippen LogP contribution < -0.4 is 5.32 Å². The minimum absolute atomic E-state index is 0.117. The van der Waals surface area contributed by atoms with Gasteiger partial charge in [0.25, 0.3) is 5.91 Å². The Labute approximate surface area is 217 Å². The van der Waals surface area contributed by atoms with Gasteiger partial charge in [-0.1, -0.05) is 82.9 Å². The first-order valence-electron chi connectivity index (χ1n) is 13.7. The van der Waals surface area contributed by atoms with Gasteiger partial charge in [-0.25, -0.2) is 4.98 Å². The monoisotopic (exact) mass is 489 g/mol. The van der Waals surface area contributed by atoms with Crippen LogP contribution in [0.1, 0.15) is 81.8 Å². The summed E-state index contributed by atoms with van der Waals surface area (Å²) in [6, 6.07) is 17.1. The number of hydrogen-bond acceptors (Lipinski definition) is 3. The molecule has 0 saturated carbocycles. The summed E-state index contributed by atoms with van der Waals surface area (Å²) in [6.45, 7) is 8.75. The summed E-state index contributed by atoms with van der Waals surface area (Å²) in [4.78, 5) is 17.0. The third-order valence-corrected chi connectivity index (χ3v) is 6.77. The van der Waals surface area contributed by atoms with Gasteiger partial charge in [-0.3, -0.25) is 9.36 Å². The lowest BCUT2D eigenvalue weighted by molar-refractivity contribution is 0.0872. The number of carbonyl (C=O) groups is 1. The second-order valence-corrected chi connectivity index (χ2v) is 9.60. The van der Waals surface area contributed by atoms with Gasteiger partial charge in [-0.15, -0.1) is 0 Å². The fourth-order valence-corrected chi connectivity index (χ4v) is 4.34. The second kappa shape index (κ2) is 15.2. The van der Waals surface area contributed by atoms with Gasteiger partial charge in [-0.2, -0.15) is 0 Å². The summed E-state index contributed by atoms with van der Waals surface area (Å²) in [6.07, 6.45) is 12.6. The maximum Gasteiger partial charge on any atom is 0.269 e. The van der Waals surface area contributed by atoms with E-state index in [-0.39, 0.29) is 5.91 Å². The topological polar surface area (TPSA) is 56.2 Å². The van der Waals surface area contributed by atoms with Gasteiger partial charge in [0.05, 0.1) is 12.5 Å². The highest BCUT2D eigenvalue weighted by atomic mass is 16.5. The summed E-state index contributed by atoms with van der Waals surface area (Å²) in [5.74, 6) is 0.527. The lowest BCUT2D eigenvalue weighted by Crippen LogP contribution is -2.27. The van der Waals surface area contributed by atoms with E-state index in [1.54, 1.807) is 12.5 Å². The molecule has 0 unspecified atom stereocenters. The van der Waals surface area contributed by atoms with E-state index < -0.39 is 0 Å². The molecule has 1 amide bonds. The average molecular weight is 490 g/mol.